The summed E-state index contributed by atoms with van der Waals surface area (Å²) in [5, 5.41) is 14.5. The van der Waals surface area contributed by atoms with E-state index in [1.807, 2.05) is 42.6 Å². The molecule has 1 aromatic heterocycles. The zero-order valence-corrected chi connectivity index (χ0v) is 20.2. The van der Waals surface area contributed by atoms with Crippen molar-refractivity contribution in [2.24, 2.45) is 0 Å². The van der Waals surface area contributed by atoms with Crippen LogP contribution in [0.5, 0.6) is 5.75 Å². The van der Waals surface area contributed by atoms with Crippen molar-refractivity contribution >= 4 is 34.3 Å². The number of aryl methyl sites for hydroxylation is 1. The van der Waals surface area contributed by atoms with Crippen LogP contribution in [0.3, 0.4) is 0 Å². The van der Waals surface area contributed by atoms with Gasteiger partial charge in [-0.25, -0.2) is 4.79 Å². The van der Waals surface area contributed by atoms with Crippen molar-refractivity contribution in [1.29, 1.82) is 5.26 Å². The van der Waals surface area contributed by atoms with Crippen molar-refractivity contribution in [3.05, 3.63) is 76.2 Å². The van der Waals surface area contributed by atoms with Gasteiger partial charge in [0.15, 0.2) is 0 Å². The highest BCUT2D eigenvalue weighted by molar-refractivity contribution is 7.15. The van der Waals surface area contributed by atoms with Crippen molar-refractivity contribution < 1.29 is 19.1 Å². The molecular weight excluding hydrogens is 448 g/mol. The Morgan fingerprint density at radius 2 is 1.74 bits per heavy atom. The van der Waals surface area contributed by atoms with Gasteiger partial charge in [0, 0.05) is 10.9 Å². The maximum absolute atomic E-state index is 12.9. The average molecular weight is 475 g/mol. The van der Waals surface area contributed by atoms with Crippen molar-refractivity contribution in [3.8, 4) is 22.9 Å². The fourth-order valence-electron chi connectivity index (χ4n) is 3.30. The molecule has 0 aliphatic heterocycles. The van der Waals surface area contributed by atoms with Crippen LogP contribution in [0.2, 0.25) is 0 Å². The van der Waals surface area contributed by atoms with E-state index in [4.69, 9.17) is 9.47 Å². The van der Waals surface area contributed by atoms with E-state index in [0.29, 0.717) is 28.5 Å². The Labute approximate surface area is 203 Å². The molecule has 0 aliphatic carbocycles. The van der Waals surface area contributed by atoms with Gasteiger partial charge in [0.05, 0.1) is 13.2 Å². The number of ether oxygens (including phenoxy) is 2. The largest absolute Gasteiger partial charge is 0.494 e. The number of amides is 1. The van der Waals surface area contributed by atoms with Crippen LogP contribution in [0.4, 0.5) is 5.00 Å². The minimum atomic E-state index is -0.600. The van der Waals surface area contributed by atoms with Gasteiger partial charge in [-0.05, 0) is 55.2 Å². The molecule has 3 aromatic rings. The van der Waals surface area contributed by atoms with E-state index < -0.39 is 11.9 Å². The molecule has 0 unspecified atom stereocenters. The first-order valence-electron chi connectivity index (χ1n) is 11.0. The van der Waals surface area contributed by atoms with Gasteiger partial charge in [-0.2, -0.15) is 5.26 Å². The fraction of sp³-hybridized carbons (Fsp3) is 0.222. The fourth-order valence-corrected chi connectivity index (χ4v) is 4.25. The SMILES string of the molecule is CCOC(=O)c1c(-c2ccc(CC)cc2)csc1NC(=O)C(C#N)=Cc1ccc(OCC)cc1. The number of benzene rings is 2. The number of thiophene rings is 1. The lowest BCUT2D eigenvalue weighted by Gasteiger charge is -2.09. The number of esters is 1. The van der Waals surface area contributed by atoms with Crippen LogP contribution in [0.15, 0.2) is 59.5 Å². The molecular formula is C27H26N2O4S. The van der Waals surface area contributed by atoms with Gasteiger partial charge in [-0.15, -0.1) is 11.3 Å². The van der Waals surface area contributed by atoms with Gasteiger partial charge in [-0.3, -0.25) is 4.79 Å². The molecule has 7 heteroatoms. The van der Waals surface area contributed by atoms with Crippen LogP contribution in [-0.4, -0.2) is 25.1 Å². The Bertz CT molecular complexity index is 1220. The lowest BCUT2D eigenvalue weighted by molar-refractivity contribution is -0.112. The zero-order chi connectivity index (χ0) is 24.5. The molecule has 0 fully saturated rings. The molecule has 2 aromatic carbocycles. The summed E-state index contributed by atoms with van der Waals surface area (Å²) in [4.78, 5) is 25.7. The second-order valence-corrected chi connectivity index (χ2v) is 8.13. The molecule has 6 nitrogen and oxygen atoms in total. The summed E-state index contributed by atoms with van der Waals surface area (Å²) in [7, 11) is 0. The van der Waals surface area contributed by atoms with E-state index >= 15 is 0 Å². The first-order valence-corrected chi connectivity index (χ1v) is 11.9. The first-order chi connectivity index (χ1) is 16.5. The molecule has 0 bridgehead atoms. The molecule has 174 valence electrons. The Balaban J connectivity index is 1.90. The lowest BCUT2D eigenvalue weighted by atomic mass is 10.0. The van der Waals surface area contributed by atoms with E-state index in [1.54, 1.807) is 31.2 Å². The van der Waals surface area contributed by atoms with Crippen molar-refractivity contribution in [3.63, 3.8) is 0 Å². The highest BCUT2D eigenvalue weighted by Crippen LogP contribution is 2.36. The normalized spacial score (nSPS) is 10.9. The zero-order valence-electron chi connectivity index (χ0n) is 19.4. The van der Waals surface area contributed by atoms with Crippen LogP contribution < -0.4 is 10.1 Å². The van der Waals surface area contributed by atoms with E-state index in [0.717, 1.165) is 12.0 Å². The third-order valence-electron chi connectivity index (χ3n) is 5.04. The summed E-state index contributed by atoms with van der Waals surface area (Å²) >= 11 is 1.22. The second kappa shape index (κ2) is 11.8. The number of anilines is 1. The predicted octanol–water partition coefficient (Wildman–Crippen LogP) is 6.10. The minimum absolute atomic E-state index is 0.0822. The minimum Gasteiger partial charge on any atom is -0.494 e. The molecule has 0 spiro atoms. The van der Waals surface area contributed by atoms with E-state index in [9.17, 15) is 14.9 Å². The summed E-state index contributed by atoms with van der Waals surface area (Å²) in [6, 6.07) is 16.9. The maximum atomic E-state index is 12.9. The molecule has 0 radical (unpaired) electrons. The topological polar surface area (TPSA) is 88.4 Å². The van der Waals surface area contributed by atoms with Gasteiger partial charge in [0.2, 0.25) is 0 Å². The summed E-state index contributed by atoms with van der Waals surface area (Å²) in [6.07, 6.45) is 2.40. The Hall–Kier alpha value is -3.89. The number of nitriles is 1. The summed E-state index contributed by atoms with van der Waals surface area (Å²) in [5.41, 5.74) is 3.59. The van der Waals surface area contributed by atoms with Gasteiger partial charge >= 0.3 is 5.97 Å². The molecule has 1 amide bonds. The average Bonchev–Trinajstić information content (AvgIpc) is 3.27. The second-order valence-electron chi connectivity index (χ2n) is 7.25. The van der Waals surface area contributed by atoms with Gasteiger partial charge in [-0.1, -0.05) is 43.3 Å². The van der Waals surface area contributed by atoms with Gasteiger partial charge in [0.25, 0.3) is 5.91 Å². The molecule has 34 heavy (non-hydrogen) atoms. The third-order valence-corrected chi connectivity index (χ3v) is 5.93. The molecule has 0 saturated heterocycles. The van der Waals surface area contributed by atoms with Crippen LogP contribution >= 0.6 is 11.3 Å². The van der Waals surface area contributed by atoms with Crippen molar-refractivity contribution in [2.75, 3.05) is 18.5 Å². The highest BCUT2D eigenvalue weighted by atomic mass is 32.1. The number of hydrogen-bond acceptors (Lipinski definition) is 6. The molecule has 0 atom stereocenters. The molecule has 0 saturated carbocycles. The number of nitrogens with zero attached hydrogens (tertiary/aromatic N) is 1. The van der Waals surface area contributed by atoms with Crippen LogP contribution in [0.1, 0.15) is 42.3 Å². The van der Waals surface area contributed by atoms with Crippen LogP contribution in [-0.2, 0) is 16.0 Å². The summed E-state index contributed by atoms with van der Waals surface area (Å²) in [5.74, 6) is -0.418. The Kier molecular flexibility index (Phi) is 8.60. The van der Waals surface area contributed by atoms with E-state index in [1.165, 1.54) is 23.0 Å². The van der Waals surface area contributed by atoms with Crippen LogP contribution in [0.25, 0.3) is 17.2 Å². The maximum Gasteiger partial charge on any atom is 0.341 e. The predicted molar refractivity (Wildman–Crippen MR) is 135 cm³/mol. The quantitative estimate of drug-likeness (QED) is 0.230. The first kappa shape index (κ1) is 24.7. The number of rotatable bonds is 9. The molecule has 3 rings (SSSR count). The monoisotopic (exact) mass is 474 g/mol. The number of carbonyl (C=O) groups is 2. The smallest absolute Gasteiger partial charge is 0.341 e. The van der Waals surface area contributed by atoms with Gasteiger partial charge < -0.3 is 14.8 Å². The van der Waals surface area contributed by atoms with Crippen molar-refractivity contribution in [1.82, 2.24) is 0 Å². The number of hydrogen-bond donors (Lipinski definition) is 1. The lowest BCUT2D eigenvalue weighted by Crippen LogP contribution is -2.16. The molecule has 1 N–H and O–H groups in total. The number of carbonyl (C=O) groups excluding carboxylic acids is 2. The molecule has 0 aliphatic rings. The third kappa shape index (κ3) is 5.91. The van der Waals surface area contributed by atoms with Crippen LogP contribution in [0, 0.1) is 11.3 Å². The van der Waals surface area contributed by atoms with Crippen molar-refractivity contribution in [2.45, 2.75) is 27.2 Å². The highest BCUT2D eigenvalue weighted by Gasteiger charge is 2.23. The van der Waals surface area contributed by atoms with Gasteiger partial charge in [0.1, 0.15) is 28.0 Å². The Morgan fingerprint density at radius 3 is 2.32 bits per heavy atom. The number of nitrogens with one attached hydrogen (secondary N) is 1. The van der Waals surface area contributed by atoms with E-state index in [2.05, 4.69) is 12.2 Å². The summed E-state index contributed by atoms with van der Waals surface area (Å²) in [6.45, 7) is 6.45. The summed E-state index contributed by atoms with van der Waals surface area (Å²) < 4.78 is 10.7. The Morgan fingerprint density at radius 1 is 1.03 bits per heavy atom. The standard InChI is InChI=1S/C27H26N2O4S/c1-4-18-7-11-20(12-8-18)23-17-34-26(24(23)27(31)33-6-3)29-25(30)21(16-28)15-19-9-13-22(14-10-19)32-5-2/h7-15,17H,4-6H2,1-3H3,(H,29,30). The molecule has 1 heterocycles. The van der Waals surface area contributed by atoms with E-state index in [-0.39, 0.29) is 17.7 Å².